The number of hydrogen-bond donors (Lipinski definition) is 1. The smallest absolute Gasteiger partial charge is 0.256 e. The van der Waals surface area contributed by atoms with Crippen molar-refractivity contribution in [2.45, 2.75) is 38.6 Å². The third kappa shape index (κ3) is 4.83. The van der Waals surface area contributed by atoms with Gasteiger partial charge in [-0.05, 0) is 56.6 Å². The highest BCUT2D eigenvalue weighted by molar-refractivity contribution is 7.16. The van der Waals surface area contributed by atoms with Gasteiger partial charge < -0.3 is 10.1 Å². The van der Waals surface area contributed by atoms with Gasteiger partial charge in [0, 0.05) is 21.6 Å². The minimum Gasteiger partial charge on any atom is -0.496 e. The Bertz CT molecular complexity index is 1010. The highest BCUT2D eigenvalue weighted by Gasteiger charge is 2.30. The SMILES string of the molecule is CCc1cc(C(c2ccccc2OC)N2CCCCC2)c(NC(=O)c2ccccc2)s1. The molecular weight excluding hydrogens is 404 g/mol. The lowest BCUT2D eigenvalue weighted by atomic mass is 9.95. The molecule has 0 aliphatic carbocycles. The maximum Gasteiger partial charge on any atom is 0.256 e. The minimum absolute atomic E-state index is 0.0547. The van der Waals surface area contributed by atoms with Crippen LogP contribution in [-0.2, 0) is 6.42 Å². The van der Waals surface area contributed by atoms with Crippen molar-refractivity contribution in [2.75, 3.05) is 25.5 Å². The van der Waals surface area contributed by atoms with E-state index in [-0.39, 0.29) is 11.9 Å². The number of nitrogens with zero attached hydrogens (tertiary/aromatic N) is 1. The minimum atomic E-state index is -0.0660. The van der Waals surface area contributed by atoms with Crippen LogP contribution in [0.3, 0.4) is 0 Å². The van der Waals surface area contributed by atoms with Gasteiger partial charge in [-0.2, -0.15) is 0 Å². The van der Waals surface area contributed by atoms with Crippen LogP contribution in [0.4, 0.5) is 5.00 Å². The Morgan fingerprint density at radius 3 is 2.45 bits per heavy atom. The standard InChI is InChI=1S/C26H30N2O2S/c1-3-20-18-22(26(31-20)27-25(29)19-12-6-4-7-13-19)24(28-16-10-5-11-17-28)21-14-8-9-15-23(21)30-2/h4,6-9,12-15,18,24H,3,5,10-11,16-17H2,1-2H3,(H,27,29). The topological polar surface area (TPSA) is 41.6 Å². The van der Waals surface area contributed by atoms with Crippen LogP contribution in [-0.4, -0.2) is 31.0 Å². The Labute approximate surface area is 188 Å². The average Bonchev–Trinajstić information content (AvgIpc) is 3.23. The molecule has 0 spiro atoms. The van der Waals surface area contributed by atoms with E-state index in [4.69, 9.17) is 4.74 Å². The Kier molecular flexibility index (Phi) is 7.05. The van der Waals surface area contributed by atoms with Crippen molar-refractivity contribution in [1.29, 1.82) is 0 Å². The summed E-state index contributed by atoms with van der Waals surface area (Å²) in [5.41, 5.74) is 2.99. The van der Waals surface area contributed by atoms with Crippen LogP contribution >= 0.6 is 11.3 Å². The number of nitrogens with one attached hydrogen (secondary N) is 1. The lowest BCUT2D eigenvalue weighted by Crippen LogP contribution is -2.34. The van der Waals surface area contributed by atoms with Crippen molar-refractivity contribution in [2.24, 2.45) is 0 Å². The van der Waals surface area contributed by atoms with Crippen molar-refractivity contribution < 1.29 is 9.53 Å². The Morgan fingerprint density at radius 1 is 1.03 bits per heavy atom. The first kappa shape index (κ1) is 21.6. The average molecular weight is 435 g/mol. The van der Waals surface area contributed by atoms with Crippen LogP contribution in [0.1, 0.15) is 58.6 Å². The van der Waals surface area contributed by atoms with Crippen LogP contribution in [0.25, 0.3) is 0 Å². The molecule has 4 rings (SSSR count). The normalized spacial score (nSPS) is 15.4. The predicted molar refractivity (Wildman–Crippen MR) is 128 cm³/mol. The van der Waals surface area contributed by atoms with Crippen LogP contribution in [0.2, 0.25) is 0 Å². The van der Waals surface area contributed by atoms with Crippen molar-refractivity contribution in [3.63, 3.8) is 0 Å². The molecule has 1 atom stereocenters. The zero-order chi connectivity index (χ0) is 21.6. The number of hydrogen-bond acceptors (Lipinski definition) is 4. The summed E-state index contributed by atoms with van der Waals surface area (Å²) in [7, 11) is 1.73. The first-order chi connectivity index (χ1) is 15.2. The molecule has 3 aromatic rings. The van der Waals surface area contributed by atoms with Crippen molar-refractivity contribution in [3.8, 4) is 5.75 Å². The molecule has 0 saturated carbocycles. The van der Waals surface area contributed by atoms with Crippen LogP contribution in [0.5, 0.6) is 5.75 Å². The third-order valence-electron chi connectivity index (χ3n) is 5.91. The van der Waals surface area contributed by atoms with E-state index in [1.54, 1.807) is 18.4 Å². The molecule has 2 heterocycles. The van der Waals surface area contributed by atoms with Gasteiger partial charge in [0.05, 0.1) is 13.2 Å². The zero-order valence-electron chi connectivity index (χ0n) is 18.3. The first-order valence-electron chi connectivity index (χ1n) is 11.1. The molecule has 31 heavy (non-hydrogen) atoms. The van der Waals surface area contributed by atoms with E-state index < -0.39 is 0 Å². The van der Waals surface area contributed by atoms with E-state index in [9.17, 15) is 4.79 Å². The van der Waals surface area contributed by atoms with E-state index in [2.05, 4.69) is 35.3 Å². The lowest BCUT2D eigenvalue weighted by molar-refractivity contribution is 0.102. The molecule has 5 heteroatoms. The molecule has 162 valence electrons. The molecule has 4 nitrogen and oxygen atoms in total. The molecule has 1 saturated heterocycles. The number of thiophene rings is 1. The Morgan fingerprint density at radius 2 is 1.74 bits per heavy atom. The molecule has 1 unspecified atom stereocenters. The summed E-state index contributed by atoms with van der Waals surface area (Å²) in [5.74, 6) is 0.825. The van der Waals surface area contributed by atoms with Crippen LogP contribution < -0.4 is 10.1 Å². The number of carbonyl (C=O) groups is 1. The van der Waals surface area contributed by atoms with E-state index in [1.807, 2.05) is 42.5 Å². The highest BCUT2D eigenvalue weighted by Crippen LogP contribution is 2.43. The van der Waals surface area contributed by atoms with Gasteiger partial charge in [-0.15, -0.1) is 11.3 Å². The summed E-state index contributed by atoms with van der Waals surface area (Å²) in [4.78, 5) is 16.8. The summed E-state index contributed by atoms with van der Waals surface area (Å²) in [6.07, 6.45) is 4.61. The number of likely N-dealkylation sites (tertiary alicyclic amines) is 1. The van der Waals surface area contributed by atoms with Gasteiger partial charge >= 0.3 is 0 Å². The van der Waals surface area contributed by atoms with Gasteiger partial charge in [-0.3, -0.25) is 9.69 Å². The molecular formula is C26H30N2O2S. The number of piperidine rings is 1. The number of carbonyl (C=O) groups excluding carboxylic acids is 1. The van der Waals surface area contributed by atoms with Gasteiger partial charge in [-0.25, -0.2) is 0 Å². The van der Waals surface area contributed by atoms with Crippen LogP contribution in [0.15, 0.2) is 60.7 Å². The third-order valence-corrected chi connectivity index (χ3v) is 7.12. The number of methoxy groups -OCH3 is 1. The summed E-state index contributed by atoms with van der Waals surface area (Å²) in [6.45, 7) is 4.26. The number of rotatable bonds is 7. The maximum absolute atomic E-state index is 13.0. The van der Waals surface area contributed by atoms with Gasteiger partial charge in [0.25, 0.3) is 5.91 Å². The molecule has 1 fully saturated rings. The fourth-order valence-corrected chi connectivity index (χ4v) is 5.35. The molecule has 1 N–H and O–H groups in total. The molecule has 0 bridgehead atoms. The maximum atomic E-state index is 13.0. The molecule has 1 aromatic heterocycles. The van der Waals surface area contributed by atoms with Gasteiger partial charge in [0.2, 0.25) is 0 Å². The Balaban J connectivity index is 1.77. The summed E-state index contributed by atoms with van der Waals surface area (Å²) in [6, 6.07) is 20.0. The van der Waals surface area contributed by atoms with E-state index in [1.165, 1.54) is 24.1 Å². The molecule has 2 aromatic carbocycles. The monoisotopic (exact) mass is 434 g/mol. The van der Waals surface area contributed by atoms with Crippen molar-refractivity contribution in [1.82, 2.24) is 4.90 Å². The van der Waals surface area contributed by atoms with Gasteiger partial charge in [0.1, 0.15) is 10.8 Å². The zero-order valence-corrected chi connectivity index (χ0v) is 19.1. The fraction of sp³-hybridized carbons (Fsp3) is 0.346. The molecule has 0 radical (unpaired) electrons. The molecule has 1 aliphatic rings. The molecule has 1 amide bonds. The van der Waals surface area contributed by atoms with Crippen molar-refractivity contribution in [3.05, 3.63) is 82.2 Å². The number of aryl methyl sites for hydroxylation is 1. The van der Waals surface area contributed by atoms with Gasteiger partial charge in [-0.1, -0.05) is 49.7 Å². The van der Waals surface area contributed by atoms with E-state index >= 15 is 0 Å². The largest absolute Gasteiger partial charge is 0.496 e. The summed E-state index contributed by atoms with van der Waals surface area (Å²) >= 11 is 1.68. The van der Waals surface area contributed by atoms with Gasteiger partial charge in [0.15, 0.2) is 0 Å². The Hall–Kier alpha value is -2.63. The van der Waals surface area contributed by atoms with E-state index in [0.717, 1.165) is 41.4 Å². The first-order valence-corrected chi connectivity index (χ1v) is 11.9. The second kappa shape index (κ2) is 10.1. The van der Waals surface area contributed by atoms with E-state index in [0.29, 0.717) is 5.56 Å². The highest BCUT2D eigenvalue weighted by atomic mass is 32.1. The quantitative estimate of drug-likeness (QED) is 0.485. The number of ether oxygens (including phenoxy) is 1. The number of benzene rings is 2. The lowest BCUT2D eigenvalue weighted by Gasteiger charge is -2.35. The number of para-hydroxylation sites is 1. The molecule has 1 aliphatic heterocycles. The number of amides is 1. The van der Waals surface area contributed by atoms with Crippen molar-refractivity contribution >= 4 is 22.2 Å². The second-order valence-corrected chi connectivity index (χ2v) is 9.05. The summed E-state index contributed by atoms with van der Waals surface area (Å²) < 4.78 is 5.75. The second-order valence-electron chi connectivity index (χ2n) is 7.91. The predicted octanol–water partition coefficient (Wildman–Crippen LogP) is 6.15. The number of anilines is 1. The summed E-state index contributed by atoms with van der Waals surface area (Å²) in [5, 5.41) is 4.16. The van der Waals surface area contributed by atoms with Crippen LogP contribution in [0, 0.1) is 0 Å². The fourth-order valence-electron chi connectivity index (χ4n) is 4.33.